The highest BCUT2D eigenvalue weighted by atomic mass is 16.3. The number of aliphatic hydroxyl groups excluding tert-OH is 1. The number of para-hydroxylation sites is 1. The molecule has 5 nitrogen and oxygen atoms in total. The van der Waals surface area contributed by atoms with Crippen LogP contribution in [0.5, 0.6) is 0 Å². The molecule has 1 heterocycles. The summed E-state index contributed by atoms with van der Waals surface area (Å²) in [6.45, 7) is 1.85. The Balaban J connectivity index is 2.33. The number of benzene rings is 1. The number of aromatic nitrogens is 2. The van der Waals surface area contributed by atoms with Crippen molar-refractivity contribution in [3.8, 4) is 0 Å². The zero-order valence-corrected chi connectivity index (χ0v) is 10.6. The Morgan fingerprint density at radius 2 is 2.22 bits per heavy atom. The first-order valence-electron chi connectivity index (χ1n) is 6.00. The summed E-state index contributed by atoms with van der Waals surface area (Å²) in [5.74, 6) is -0.243. The number of hydrogen-bond donors (Lipinski definition) is 2. The van der Waals surface area contributed by atoms with Crippen molar-refractivity contribution < 1.29 is 9.90 Å². The van der Waals surface area contributed by atoms with E-state index in [2.05, 4.69) is 10.4 Å². The minimum atomic E-state index is -0.243. The summed E-state index contributed by atoms with van der Waals surface area (Å²) < 4.78 is 1.68. The first kappa shape index (κ1) is 12.6. The van der Waals surface area contributed by atoms with Crippen LogP contribution in [0.2, 0.25) is 0 Å². The number of aliphatic hydroxyl groups is 1. The summed E-state index contributed by atoms with van der Waals surface area (Å²) >= 11 is 0. The van der Waals surface area contributed by atoms with Gasteiger partial charge in [-0.15, -0.1) is 0 Å². The van der Waals surface area contributed by atoms with Crippen molar-refractivity contribution in [3.63, 3.8) is 0 Å². The van der Waals surface area contributed by atoms with Gasteiger partial charge < -0.3 is 10.4 Å². The Bertz CT molecular complexity index is 558. The highest BCUT2D eigenvalue weighted by Gasteiger charge is 2.17. The molecule has 2 rings (SSSR count). The van der Waals surface area contributed by atoms with Crippen LogP contribution in [0, 0.1) is 0 Å². The summed E-state index contributed by atoms with van der Waals surface area (Å²) in [5.41, 5.74) is 1.32. The Labute approximate surface area is 105 Å². The number of fused-ring (bicyclic) bond motifs is 1. The van der Waals surface area contributed by atoms with Gasteiger partial charge in [-0.25, -0.2) is 0 Å². The molecule has 96 valence electrons. The summed E-state index contributed by atoms with van der Waals surface area (Å²) in [7, 11) is 1.81. The van der Waals surface area contributed by atoms with Gasteiger partial charge >= 0.3 is 0 Å². The van der Waals surface area contributed by atoms with E-state index in [4.69, 9.17) is 5.11 Å². The lowest BCUT2D eigenvalue weighted by molar-refractivity contribution is 0.0911. The Kier molecular flexibility index (Phi) is 3.62. The minimum Gasteiger partial charge on any atom is -0.394 e. The summed E-state index contributed by atoms with van der Waals surface area (Å²) in [4.78, 5) is 12.1. The van der Waals surface area contributed by atoms with E-state index in [-0.39, 0.29) is 18.6 Å². The smallest absolute Gasteiger partial charge is 0.272 e. The van der Waals surface area contributed by atoms with Crippen molar-refractivity contribution >= 4 is 16.8 Å². The van der Waals surface area contributed by atoms with Crippen molar-refractivity contribution in [2.75, 3.05) is 6.61 Å². The molecule has 0 radical (unpaired) electrons. The molecule has 1 amide bonds. The first-order valence-corrected chi connectivity index (χ1v) is 6.00. The number of nitrogens with one attached hydrogen (secondary N) is 1. The lowest BCUT2D eigenvalue weighted by atomic mass is 10.2. The molecular weight excluding hydrogens is 230 g/mol. The molecule has 0 aliphatic rings. The fraction of sp³-hybridized carbons (Fsp3) is 0.385. The van der Waals surface area contributed by atoms with Crippen molar-refractivity contribution in [2.24, 2.45) is 7.05 Å². The largest absolute Gasteiger partial charge is 0.394 e. The SMILES string of the molecule is CC[C@@H](CO)NC(=O)c1nn(C)c2ccccc12. The van der Waals surface area contributed by atoms with Crippen LogP contribution in [0.25, 0.3) is 10.9 Å². The van der Waals surface area contributed by atoms with Crippen LogP contribution >= 0.6 is 0 Å². The van der Waals surface area contributed by atoms with Crippen molar-refractivity contribution in [3.05, 3.63) is 30.0 Å². The summed E-state index contributed by atoms with van der Waals surface area (Å²) in [6.07, 6.45) is 0.688. The van der Waals surface area contributed by atoms with Gasteiger partial charge in [0.2, 0.25) is 0 Å². The van der Waals surface area contributed by atoms with E-state index in [1.54, 1.807) is 4.68 Å². The third kappa shape index (κ3) is 2.22. The molecule has 0 fully saturated rings. The Hall–Kier alpha value is -1.88. The third-order valence-electron chi connectivity index (χ3n) is 3.02. The second kappa shape index (κ2) is 5.18. The van der Waals surface area contributed by atoms with Crippen LogP contribution in [-0.2, 0) is 7.05 Å². The van der Waals surface area contributed by atoms with Gasteiger partial charge in [-0.2, -0.15) is 5.10 Å². The number of carbonyl (C=O) groups excluding carboxylic acids is 1. The molecule has 1 atom stereocenters. The van der Waals surface area contributed by atoms with E-state index in [1.165, 1.54) is 0 Å². The van der Waals surface area contributed by atoms with Gasteiger partial charge in [0.05, 0.1) is 18.2 Å². The molecular formula is C13H17N3O2. The molecule has 0 aliphatic heterocycles. The molecule has 1 aromatic carbocycles. The molecule has 0 unspecified atom stereocenters. The highest BCUT2D eigenvalue weighted by Crippen LogP contribution is 2.17. The van der Waals surface area contributed by atoms with Gasteiger partial charge in [-0.3, -0.25) is 9.48 Å². The maximum Gasteiger partial charge on any atom is 0.272 e. The maximum atomic E-state index is 12.1. The topological polar surface area (TPSA) is 67.2 Å². The standard InChI is InChI=1S/C13H17N3O2/c1-3-9(8-17)14-13(18)12-10-6-4-5-7-11(10)16(2)15-12/h4-7,9,17H,3,8H2,1-2H3,(H,14,18)/t9-/m0/s1. The number of nitrogens with zero attached hydrogens (tertiary/aromatic N) is 2. The molecule has 18 heavy (non-hydrogen) atoms. The third-order valence-corrected chi connectivity index (χ3v) is 3.02. The first-order chi connectivity index (χ1) is 8.67. The molecule has 2 N–H and O–H groups in total. The van der Waals surface area contributed by atoms with Gasteiger partial charge in [0.25, 0.3) is 5.91 Å². The minimum absolute atomic E-state index is 0.0625. The molecule has 0 aliphatic carbocycles. The fourth-order valence-corrected chi connectivity index (χ4v) is 1.91. The molecule has 0 spiro atoms. The average molecular weight is 247 g/mol. The maximum absolute atomic E-state index is 12.1. The number of amides is 1. The lowest BCUT2D eigenvalue weighted by Crippen LogP contribution is -2.37. The van der Waals surface area contributed by atoms with Gasteiger partial charge in [0.15, 0.2) is 5.69 Å². The predicted octanol–water partition coefficient (Wildman–Crippen LogP) is 1.07. The second-order valence-corrected chi connectivity index (χ2v) is 4.25. The number of carbonyl (C=O) groups is 1. The van der Waals surface area contributed by atoms with Gasteiger partial charge in [0, 0.05) is 12.4 Å². The van der Waals surface area contributed by atoms with Crippen LogP contribution in [0.15, 0.2) is 24.3 Å². The van der Waals surface area contributed by atoms with Gasteiger partial charge in [0.1, 0.15) is 0 Å². The molecule has 0 bridgehead atoms. The number of rotatable bonds is 4. The zero-order chi connectivity index (χ0) is 13.1. The molecule has 5 heteroatoms. The zero-order valence-electron chi connectivity index (χ0n) is 10.6. The van der Waals surface area contributed by atoms with E-state index in [0.717, 1.165) is 10.9 Å². The molecule has 0 saturated heterocycles. The van der Waals surface area contributed by atoms with Crippen LogP contribution in [0.1, 0.15) is 23.8 Å². The average Bonchev–Trinajstić information content (AvgIpc) is 2.74. The van der Waals surface area contributed by atoms with Crippen molar-refractivity contribution in [1.82, 2.24) is 15.1 Å². The number of hydrogen-bond acceptors (Lipinski definition) is 3. The Morgan fingerprint density at radius 3 is 2.89 bits per heavy atom. The van der Waals surface area contributed by atoms with Gasteiger partial charge in [-0.1, -0.05) is 25.1 Å². The van der Waals surface area contributed by atoms with Crippen molar-refractivity contribution in [1.29, 1.82) is 0 Å². The highest BCUT2D eigenvalue weighted by molar-refractivity contribution is 6.04. The fourth-order valence-electron chi connectivity index (χ4n) is 1.91. The van der Waals surface area contributed by atoms with E-state index in [9.17, 15) is 4.79 Å². The van der Waals surface area contributed by atoms with Crippen LogP contribution < -0.4 is 5.32 Å². The van der Waals surface area contributed by atoms with Gasteiger partial charge in [-0.05, 0) is 12.5 Å². The summed E-state index contributed by atoms with van der Waals surface area (Å²) in [6, 6.07) is 7.36. The van der Waals surface area contributed by atoms with E-state index in [1.807, 2.05) is 38.2 Å². The van der Waals surface area contributed by atoms with Crippen LogP contribution in [0.3, 0.4) is 0 Å². The monoisotopic (exact) mass is 247 g/mol. The van der Waals surface area contributed by atoms with E-state index >= 15 is 0 Å². The van der Waals surface area contributed by atoms with E-state index in [0.29, 0.717) is 12.1 Å². The molecule has 1 aromatic heterocycles. The molecule has 0 saturated carbocycles. The Morgan fingerprint density at radius 1 is 1.50 bits per heavy atom. The quantitative estimate of drug-likeness (QED) is 0.849. The molecule has 2 aromatic rings. The van der Waals surface area contributed by atoms with E-state index < -0.39 is 0 Å². The predicted molar refractivity (Wildman–Crippen MR) is 69.3 cm³/mol. The lowest BCUT2D eigenvalue weighted by Gasteiger charge is -2.12. The van der Waals surface area contributed by atoms with Crippen LogP contribution in [-0.4, -0.2) is 33.4 Å². The number of aryl methyl sites for hydroxylation is 1. The van der Waals surface area contributed by atoms with Crippen molar-refractivity contribution in [2.45, 2.75) is 19.4 Å². The summed E-state index contributed by atoms with van der Waals surface area (Å²) in [5, 5.41) is 16.9. The van der Waals surface area contributed by atoms with Crippen LogP contribution in [0.4, 0.5) is 0 Å². The normalized spacial score (nSPS) is 12.6. The second-order valence-electron chi connectivity index (χ2n) is 4.25.